The van der Waals surface area contributed by atoms with Gasteiger partial charge in [-0.05, 0) is 28.9 Å². The molecule has 1 atom stereocenters. The van der Waals surface area contributed by atoms with Gasteiger partial charge in [0, 0.05) is 6.54 Å². The molecule has 3 nitrogen and oxygen atoms in total. The summed E-state index contributed by atoms with van der Waals surface area (Å²) in [5.41, 5.74) is 2.54. The highest BCUT2D eigenvalue weighted by molar-refractivity contribution is 14.1. The van der Waals surface area contributed by atoms with Crippen LogP contribution in [-0.4, -0.2) is 34.5 Å². The SMILES string of the molecule is CCCCCCCCCCCCCCSCC(=O)NCC(I)COC(c1ccccc1)(c1ccccc1)c1ccccc1. The van der Waals surface area contributed by atoms with Gasteiger partial charge in [0.1, 0.15) is 5.60 Å². The van der Waals surface area contributed by atoms with Gasteiger partial charge >= 0.3 is 0 Å². The van der Waals surface area contributed by atoms with Crippen molar-refractivity contribution in [2.24, 2.45) is 0 Å². The lowest BCUT2D eigenvalue weighted by Crippen LogP contribution is -2.38. The summed E-state index contributed by atoms with van der Waals surface area (Å²) in [6, 6.07) is 31.3. The van der Waals surface area contributed by atoms with Crippen LogP contribution >= 0.6 is 34.4 Å². The van der Waals surface area contributed by atoms with Gasteiger partial charge in [0.2, 0.25) is 5.91 Å². The van der Waals surface area contributed by atoms with Crippen molar-refractivity contribution < 1.29 is 9.53 Å². The maximum absolute atomic E-state index is 12.6. The molecule has 0 bridgehead atoms. The first kappa shape index (κ1) is 35.6. The minimum atomic E-state index is -0.735. The third kappa shape index (κ3) is 13.0. The van der Waals surface area contributed by atoms with Crippen molar-refractivity contribution in [3.05, 3.63) is 108 Å². The van der Waals surface area contributed by atoms with Gasteiger partial charge in [0.05, 0.1) is 16.3 Å². The molecule has 0 radical (unpaired) electrons. The summed E-state index contributed by atoms with van der Waals surface area (Å²) in [5, 5.41) is 3.14. The van der Waals surface area contributed by atoms with Gasteiger partial charge in [-0.25, -0.2) is 0 Å². The Morgan fingerprint density at radius 3 is 1.56 bits per heavy atom. The van der Waals surface area contributed by atoms with Crippen LogP contribution in [0.25, 0.3) is 0 Å². The molecule has 3 aromatic rings. The maximum Gasteiger partial charge on any atom is 0.230 e. The predicted octanol–water partition coefficient (Wildman–Crippen LogP) is 10.3. The van der Waals surface area contributed by atoms with E-state index in [-0.39, 0.29) is 9.83 Å². The van der Waals surface area contributed by atoms with Crippen LogP contribution in [0.2, 0.25) is 0 Å². The van der Waals surface area contributed by atoms with E-state index in [0.29, 0.717) is 18.9 Å². The molecule has 1 unspecified atom stereocenters. The van der Waals surface area contributed by atoms with E-state index >= 15 is 0 Å². The number of halogens is 1. The number of ether oxygens (including phenoxy) is 1. The zero-order valence-electron chi connectivity index (χ0n) is 26.2. The quantitative estimate of drug-likeness (QED) is 0.0460. The molecule has 0 fully saturated rings. The van der Waals surface area contributed by atoms with Crippen LogP contribution in [0.3, 0.4) is 0 Å². The Morgan fingerprint density at radius 1 is 0.698 bits per heavy atom. The van der Waals surface area contributed by atoms with Crippen LogP contribution in [0.5, 0.6) is 0 Å². The molecule has 0 saturated carbocycles. The normalized spacial score (nSPS) is 12.2. The molecule has 0 aromatic heterocycles. The van der Waals surface area contributed by atoms with E-state index in [4.69, 9.17) is 4.74 Å². The Bertz CT molecular complexity index is 1020. The Kier molecular flexibility index (Phi) is 18.1. The molecule has 0 aliphatic rings. The summed E-state index contributed by atoms with van der Waals surface area (Å²) >= 11 is 4.16. The molecule has 1 amide bonds. The molecule has 43 heavy (non-hydrogen) atoms. The molecule has 0 spiro atoms. The summed E-state index contributed by atoms with van der Waals surface area (Å²) < 4.78 is 7.04. The van der Waals surface area contributed by atoms with Crippen LogP contribution in [0.15, 0.2) is 91.0 Å². The molecule has 0 saturated heterocycles. The molecular weight excluding hydrogens is 661 g/mol. The minimum Gasteiger partial charge on any atom is -0.360 e. The topological polar surface area (TPSA) is 38.3 Å². The fourth-order valence-corrected chi connectivity index (χ4v) is 6.77. The molecule has 0 aliphatic carbocycles. The number of rotatable bonds is 23. The number of nitrogens with one attached hydrogen (secondary N) is 1. The summed E-state index contributed by atoms with van der Waals surface area (Å²) in [6.45, 7) is 3.37. The number of alkyl halides is 1. The lowest BCUT2D eigenvalue weighted by Gasteiger charge is -2.36. The molecule has 234 valence electrons. The van der Waals surface area contributed by atoms with Gasteiger partial charge in [0.15, 0.2) is 0 Å². The minimum absolute atomic E-state index is 0.117. The summed E-state index contributed by atoms with van der Waals surface area (Å²) in [5.74, 6) is 1.71. The summed E-state index contributed by atoms with van der Waals surface area (Å²) in [4.78, 5) is 12.6. The fourth-order valence-electron chi connectivity index (χ4n) is 5.53. The van der Waals surface area contributed by atoms with Crippen LogP contribution < -0.4 is 5.32 Å². The molecular formula is C38H52INO2S. The van der Waals surface area contributed by atoms with Gasteiger partial charge in [-0.1, -0.05) is 191 Å². The van der Waals surface area contributed by atoms with Gasteiger partial charge in [0.25, 0.3) is 0 Å². The second kappa shape index (κ2) is 21.8. The first-order valence-corrected chi connectivity index (χ1v) is 18.9. The van der Waals surface area contributed by atoms with Crippen molar-refractivity contribution in [1.29, 1.82) is 0 Å². The smallest absolute Gasteiger partial charge is 0.230 e. The molecule has 5 heteroatoms. The van der Waals surface area contributed by atoms with Crippen LogP contribution in [0, 0.1) is 0 Å². The average molecular weight is 714 g/mol. The molecule has 0 heterocycles. The predicted molar refractivity (Wildman–Crippen MR) is 194 cm³/mol. The Morgan fingerprint density at radius 2 is 1.12 bits per heavy atom. The van der Waals surface area contributed by atoms with E-state index in [9.17, 15) is 4.79 Å². The summed E-state index contributed by atoms with van der Waals surface area (Å²) in [6.07, 6.45) is 16.3. The molecule has 3 rings (SSSR count). The number of amides is 1. The monoisotopic (exact) mass is 713 g/mol. The van der Waals surface area contributed by atoms with Gasteiger partial charge in [-0.3, -0.25) is 4.79 Å². The lowest BCUT2D eigenvalue weighted by atomic mass is 9.80. The first-order chi connectivity index (χ1) is 21.2. The van der Waals surface area contributed by atoms with Crippen molar-refractivity contribution in [1.82, 2.24) is 5.32 Å². The van der Waals surface area contributed by atoms with Gasteiger partial charge < -0.3 is 10.1 Å². The number of unbranched alkanes of at least 4 members (excludes halogenated alkanes) is 11. The lowest BCUT2D eigenvalue weighted by molar-refractivity contribution is -0.118. The molecule has 1 N–H and O–H groups in total. The van der Waals surface area contributed by atoms with E-state index in [1.165, 1.54) is 77.0 Å². The van der Waals surface area contributed by atoms with Gasteiger partial charge in [-0.2, -0.15) is 11.8 Å². The van der Waals surface area contributed by atoms with Crippen molar-refractivity contribution in [3.63, 3.8) is 0 Å². The third-order valence-electron chi connectivity index (χ3n) is 7.92. The highest BCUT2D eigenvalue weighted by atomic mass is 127. The second-order valence-electron chi connectivity index (χ2n) is 11.4. The Labute approximate surface area is 279 Å². The summed E-state index contributed by atoms with van der Waals surface area (Å²) in [7, 11) is 0. The number of hydrogen-bond donors (Lipinski definition) is 1. The van der Waals surface area contributed by atoms with E-state index in [1.54, 1.807) is 11.8 Å². The number of benzene rings is 3. The van der Waals surface area contributed by atoms with Crippen molar-refractivity contribution >= 4 is 40.3 Å². The van der Waals surface area contributed by atoms with Crippen molar-refractivity contribution in [2.45, 2.75) is 93.5 Å². The second-order valence-corrected chi connectivity index (χ2v) is 14.3. The third-order valence-corrected chi connectivity index (χ3v) is 9.76. The highest BCUT2D eigenvalue weighted by Gasteiger charge is 2.37. The largest absolute Gasteiger partial charge is 0.360 e. The van der Waals surface area contributed by atoms with Crippen molar-refractivity contribution in [3.8, 4) is 0 Å². The van der Waals surface area contributed by atoms with E-state index in [0.717, 1.165) is 22.4 Å². The van der Waals surface area contributed by atoms with Crippen LogP contribution in [0.4, 0.5) is 0 Å². The molecule has 0 aliphatic heterocycles. The first-order valence-electron chi connectivity index (χ1n) is 16.5. The maximum atomic E-state index is 12.6. The number of hydrogen-bond acceptors (Lipinski definition) is 3. The average Bonchev–Trinajstić information content (AvgIpc) is 3.06. The fraction of sp³-hybridized carbons (Fsp3) is 0.500. The van der Waals surface area contributed by atoms with Crippen LogP contribution in [-0.2, 0) is 15.1 Å². The van der Waals surface area contributed by atoms with E-state index in [2.05, 4.69) is 108 Å². The van der Waals surface area contributed by atoms with E-state index in [1.807, 2.05) is 18.2 Å². The Balaban J connectivity index is 1.37. The number of thioether (sulfide) groups is 1. The zero-order valence-corrected chi connectivity index (χ0v) is 29.1. The van der Waals surface area contributed by atoms with Crippen molar-refractivity contribution in [2.75, 3.05) is 24.7 Å². The number of carbonyl (C=O) groups is 1. The highest BCUT2D eigenvalue weighted by Crippen LogP contribution is 2.40. The Hall–Kier alpha value is -1.83. The standard InChI is InChI=1S/C38H52INO2S/c1-2-3-4-5-6-7-8-9-10-11-12-22-29-43-32-37(41)40-30-36(39)31-42-38(33-23-16-13-17-24-33,34-25-18-14-19-26-34)35-27-20-15-21-28-35/h13-21,23-28,36H,2-12,22,29-32H2,1H3,(H,40,41). The van der Waals surface area contributed by atoms with E-state index < -0.39 is 5.60 Å². The van der Waals surface area contributed by atoms with Gasteiger partial charge in [-0.15, -0.1) is 0 Å². The molecule has 3 aromatic carbocycles. The number of carbonyl (C=O) groups excluding carboxylic acids is 1. The van der Waals surface area contributed by atoms with Crippen LogP contribution in [0.1, 0.15) is 101 Å². The zero-order chi connectivity index (χ0) is 30.4.